The van der Waals surface area contributed by atoms with Crippen molar-refractivity contribution < 1.29 is 0 Å². The van der Waals surface area contributed by atoms with E-state index in [1.807, 2.05) is 0 Å². The first kappa shape index (κ1) is 14.4. The molecule has 1 atom stereocenters. The number of rotatable bonds is 4. The average molecular weight is 290 g/mol. The molecule has 0 bridgehead atoms. The van der Waals surface area contributed by atoms with Gasteiger partial charge < -0.3 is 5.73 Å². The SMILES string of the molecule is CC1(C)CN(C(CN)c2ccccc2C2CC2)CCS1. The highest BCUT2D eigenvalue weighted by Crippen LogP contribution is 2.44. The van der Waals surface area contributed by atoms with Gasteiger partial charge in [0.2, 0.25) is 0 Å². The van der Waals surface area contributed by atoms with Gasteiger partial charge in [-0.2, -0.15) is 11.8 Å². The number of thioether (sulfide) groups is 1. The van der Waals surface area contributed by atoms with Gasteiger partial charge in [0.1, 0.15) is 0 Å². The molecule has 2 aliphatic rings. The molecule has 1 aromatic rings. The normalized spacial score (nSPS) is 24.6. The van der Waals surface area contributed by atoms with Crippen molar-refractivity contribution in [2.24, 2.45) is 5.73 Å². The van der Waals surface area contributed by atoms with Gasteiger partial charge in [0.15, 0.2) is 0 Å². The number of hydrogen-bond donors (Lipinski definition) is 1. The van der Waals surface area contributed by atoms with Gasteiger partial charge in [-0.15, -0.1) is 0 Å². The lowest BCUT2D eigenvalue weighted by Gasteiger charge is -2.42. The van der Waals surface area contributed by atoms with Crippen molar-refractivity contribution in [1.29, 1.82) is 0 Å². The van der Waals surface area contributed by atoms with Crippen LogP contribution in [0.4, 0.5) is 0 Å². The molecule has 1 aliphatic heterocycles. The molecule has 2 nitrogen and oxygen atoms in total. The second-order valence-electron chi connectivity index (χ2n) is 6.73. The fourth-order valence-corrected chi connectivity index (χ4v) is 4.51. The van der Waals surface area contributed by atoms with Crippen molar-refractivity contribution in [2.45, 2.75) is 43.4 Å². The van der Waals surface area contributed by atoms with E-state index in [4.69, 9.17) is 5.73 Å². The zero-order valence-corrected chi connectivity index (χ0v) is 13.5. The van der Waals surface area contributed by atoms with Gasteiger partial charge in [-0.25, -0.2) is 0 Å². The Morgan fingerprint density at radius 1 is 1.35 bits per heavy atom. The van der Waals surface area contributed by atoms with Crippen LogP contribution in [-0.4, -0.2) is 35.0 Å². The molecule has 3 rings (SSSR count). The summed E-state index contributed by atoms with van der Waals surface area (Å²) in [6.07, 6.45) is 2.71. The summed E-state index contributed by atoms with van der Waals surface area (Å²) in [4.78, 5) is 2.61. The van der Waals surface area contributed by atoms with E-state index in [0.29, 0.717) is 10.8 Å². The summed E-state index contributed by atoms with van der Waals surface area (Å²) in [6, 6.07) is 9.38. The molecule has 3 heteroatoms. The lowest BCUT2D eigenvalue weighted by atomic mass is 9.95. The summed E-state index contributed by atoms with van der Waals surface area (Å²) >= 11 is 2.09. The third-order valence-electron chi connectivity index (χ3n) is 4.49. The molecule has 1 heterocycles. The van der Waals surface area contributed by atoms with Crippen LogP contribution in [-0.2, 0) is 0 Å². The first-order chi connectivity index (χ1) is 9.61. The van der Waals surface area contributed by atoms with E-state index < -0.39 is 0 Å². The van der Waals surface area contributed by atoms with Gasteiger partial charge in [-0.05, 0) is 43.7 Å². The Balaban J connectivity index is 1.86. The summed E-state index contributed by atoms with van der Waals surface area (Å²) in [5, 5.41) is 0. The van der Waals surface area contributed by atoms with E-state index in [2.05, 4.69) is 54.8 Å². The highest BCUT2D eigenvalue weighted by molar-refractivity contribution is 8.00. The monoisotopic (exact) mass is 290 g/mol. The zero-order chi connectivity index (χ0) is 14.2. The quantitative estimate of drug-likeness (QED) is 0.921. The van der Waals surface area contributed by atoms with Crippen LogP contribution in [0, 0.1) is 0 Å². The van der Waals surface area contributed by atoms with E-state index in [0.717, 1.165) is 25.6 Å². The third kappa shape index (κ3) is 3.05. The average Bonchev–Trinajstić information content (AvgIpc) is 3.23. The van der Waals surface area contributed by atoms with Gasteiger partial charge in [-0.3, -0.25) is 4.90 Å². The van der Waals surface area contributed by atoms with Gasteiger partial charge in [0.05, 0.1) is 0 Å². The zero-order valence-electron chi connectivity index (χ0n) is 12.6. The lowest BCUT2D eigenvalue weighted by Crippen LogP contribution is -2.46. The minimum Gasteiger partial charge on any atom is -0.329 e. The van der Waals surface area contributed by atoms with E-state index in [9.17, 15) is 0 Å². The maximum Gasteiger partial charge on any atom is 0.0474 e. The second-order valence-corrected chi connectivity index (χ2v) is 8.54. The van der Waals surface area contributed by atoms with Crippen molar-refractivity contribution in [2.75, 3.05) is 25.4 Å². The second kappa shape index (κ2) is 5.70. The largest absolute Gasteiger partial charge is 0.329 e. The highest BCUT2D eigenvalue weighted by Gasteiger charge is 2.34. The molecule has 2 fully saturated rings. The molecule has 1 saturated heterocycles. The molecule has 0 aromatic heterocycles. The first-order valence-corrected chi connectivity index (χ1v) is 8.76. The van der Waals surface area contributed by atoms with Gasteiger partial charge in [-0.1, -0.05) is 24.3 Å². The number of hydrogen-bond acceptors (Lipinski definition) is 3. The predicted molar refractivity (Wildman–Crippen MR) is 88.3 cm³/mol. The van der Waals surface area contributed by atoms with Crippen LogP contribution in [0.15, 0.2) is 24.3 Å². The molecule has 1 unspecified atom stereocenters. The molecule has 1 aromatic carbocycles. The number of benzene rings is 1. The molecule has 1 aliphatic carbocycles. The van der Waals surface area contributed by atoms with Crippen LogP contribution in [0.1, 0.15) is 49.8 Å². The van der Waals surface area contributed by atoms with Crippen molar-refractivity contribution in [3.63, 3.8) is 0 Å². The minimum absolute atomic E-state index is 0.347. The molecular formula is C17H26N2S. The molecule has 0 amide bonds. The Hall–Kier alpha value is -0.510. The van der Waals surface area contributed by atoms with Crippen LogP contribution in [0.5, 0.6) is 0 Å². The van der Waals surface area contributed by atoms with E-state index in [-0.39, 0.29) is 0 Å². The van der Waals surface area contributed by atoms with Gasteiger partial charge in [0.25, 0.3) is 0 Å². The van der Waals surface area contributed by atoms with Crippen LogP contribution in [0.3, 0.4) is 0 Å². The first-order valence-electron chi connectivity index (χ1n) is 7.77. The molecule has 110 valence electrons. The maximum atomic E-state index is 6.17. The van der Waals surface area contributed by atoms with Crippen molar-refractivity contribution in [3.8, 4) is 0 Å². The Morgan fingerprint density at radius 2 is 2.10 bits per heavy atom. The Bertz CT molecular complexity index is 468. The topological polar surface area (TPSA) is 29.3 Å². The molecule has 0 spiro atoms. The Morgan fingerprint density at radius 3 is 2.75 bits per heavy atom. The minimum atomic E-state index is 0.347. The van der Waals surface area contributed by atoms with Gasteiger partial charge in [0, 0.05) is 36.2 Å². The third-order valence-corrected chi connectivity index (χ3v) is 5.79. The van der Waals surface area contributed by atoms with Crippen molar-refractivity contribution in [1.82, 2.24) is 4.90 Å². The summed E-state index contributed by atoms with van der Waals surface area (Å²) in [5.74, 6) is 2.02. The van der Waals surface area contributed by atoms with Crippen LogP contribution in [0.2, 0.25) is 0 Å². The summed E-state index contributed by atoms with van der Waals surface area (Å²) in [7, 11) is 0. The van der Waals surface area contributed by atoms with E-state index >= 15 is 0 Å². The fourth-order valence-electron chi connectivity index (χ4n) is 3.37. The molecule has 1 saturated carbocycles. The molecule has 0 radical (unpaired) electrons. The van der Waals surface area contributed by atoms with Crippen LogP contribution >= 0.6 is 11.8 Å². The number of nitrogens with two attached hydrogens (primary N) is 1. The smallest absolute Gasteiger partial charge is 0.0474 e. The fraction of sp³-hybridized carbons (Fsp3) is 0.647. The predicted octanol–water partition coefficient (Wildman–Crippen LogP) is 3.39. The van der Waals surface area contributed by atoms with E-state index in [1.54, 1.807) is 5.56 Å². The summed E-state index contributed by atoms with van der Waals surface area (Å²) < 4.78 is 0.347. The molecule has 2 N–H and O–H groups in total. The molecular weight excluding hydrogens is 264 g/mol. The molecule has 20 heavy (non-hydrogen) atoms. The standard InChI is InChI=1S/C17H26N2S/c1-17(2)12-19(9-10-20-17)16(11-18)15-6-4-3-5-14(15)13-7-8-13/h3-6,13,16H,7-12,18H2,1-2H3. The Labute approximate surface area is 127 Å². The lowest BCUT2D eigenvalue weighted by molar-refractivity contribution is 0.191. The summed E-state index contributed by atoms with van der Waals surface area (Å²) in [6.45, 7) is 7.73. The van der Waals surface area contributed by atoms with Gasteiger partial charge >= 0.3 is 0 Å². The van der Waals surface area contributed by atoms with Crippen LogP contribution in [0.25, 0.3) is 0 Å². The Kier molecular flexibility index (Phi) is 4.11. The number of nitrogens with zero attached hydrogens (tertiary/aromatic N) is 1. The summed E-state index contributed by atoms with van der Waals surface area (Å²) in [5.41, 5.74) is 9.21. The maximum absolute atomic E-state index is 6.17. The van der Waals surface area contributed by atoms with E-state index in [1.165, 1.54) is 24.2 Å². The van der Waals surface area contributed by atoms with Crippen molar-refractivity contribution >= 4 is 11.8 Å². The van der Waals surface area contributed by atoms with Crippen molar-refractivity contribution in [3.05, 3.63) is 35.4 Å². The van der Waals surface area contributed by atoms with Crippen LogP contribution < -0.4 is 5.73 Å². The highest BCUT2D eigenvalue weighted by atomic mass is 32.2.